The van der Waals surface area contributed by atoms with E-state index < -0.39 is 0 Å². The SMILES string of the molecule is COc1ccc(NC(=O)c2ccc(Nc3ccccc3C(C)C)nc2)cc1OC. The van der Waals surface area contributed by atoms with Crippen molar-refractivity contribution >= 4 is 23.1 Å². The van der Waals surface area contributed by atoms with Crippen molar-refractivity contribution in [2.24, 2.45) is 0 Å². The van der Waals surface area contributed by atoms with Gasteiger partial charge in [-0.25, -0.2) is 4.98 Å². The molecule has 29 heavy (non-hydrogen) atoms. The molecular formula is C23H25N3O3. The van der Waals surface area contributed by atoms with Crippen LogP contribution in [0.1, 0.15) is 35.7 Å². The molecule has 150 valence electrons. The zero-order valence-electron chi connectivity index (χ0n) is 17.0. The van der Waals surface area contributed by atoms with Gasteiger partial charge in [0.1, 0.15) is 5.82 Å². The van der Waals surface area contributed by atoms with Gasteiger partial charge in [-0.3, -0.25) is 4.79 Å². The van der Waals surface area contributed by atoms with Gasteiger partial charge in [-0.05, 0) is 41.8 Å². The molecule has 0 spiro atoms. The normalized spacial score (nSPS) is 10.5. The number of nitrogens with zero attached hydrogens (tertiary/aromatic N) is 1. The van der Waals surface area contributed by atoms with Gasteiger partial charge in [0.2, 0.25) is 0 Å². The predicted octanol–water partition coefficient (Wildman–Crippen LogP) is 5.22. The monoisotopic (exact) mass is 391 g/mol. The number of anilines is 3. The van der Waals surface area contributed by atoms with Crippen LogP contribution in [0.3, 0.4) is 0 Å². The van der Waals surface area contributed by atoms with E-state index in [9.17, 15) is 4.79 Å². The Labute approximate surface area is 170 Å². The number of hydrogen-bond donors (Lipinski definition) is 2. The number of pyridine rings is 1. The first-order valence-electron chi connectivity index (χ1n) is 9.37. The molecule has 0 aliphatic carbocycles. The predicted molar refractivity (Wildman–Crippen MR) is 116 cm³/mol. The highest BCUT2D eigenvalue weighted by Crippen LogP contribution is 2.30. The van der Waals surface area contributed by atoms with Crippen molar-refractivity contribution in [3.63, 3.8) is 0 Å². The molecule has 2 aromatic carbocycles. The summed E-state index contributed by atoms with van der Waals surface area (Å²) in [5.74, 6) is 1.97. The van der Waals surface area contributed by atoms with Crippen molar-refractivity contribution < 1.29 is 14.3 Å². The maximum atomic E-state index is 12.5. The van der Waals surface area contributed by atoms with Gasteiger partial charge in [0, 0.05) is 23.6 Å². The number of para-hydroxylation sites is 1. The van der Waals surface area contributed by atoms with Crippen molar-refractivity contribution in [2.45, 2.75) is 19.8 Å². The summed E-state index contributed by atoms with van der Waals surface area (Å²) in [6.07, 6.45) is 1.55. The first-order chi connectivity index (χ1) is 14.0. The molecule has 0 aliphatic rings. The van der Waals surface area contributed by atoms with E-state index in [1.165, 1.54) is 5.56 Å². The minimum absolute atomic E-state index is 0.251. The first-order valence-corrected chi connectivity index (χ1v) is 9.37. The van der Waals surface area contributed by atoms with Gasteiger partial charge in [-0.2, -0.15) is 0 Å². The second-order valence-corrected chi connectivity index (χ2v) is 6.82. The van der Waals surface area contributed by atoms with E-state index in [1.54, 1.807) is 50.7 Å². The number of carbonyl (C=O) groups is 1. The van der Waals surface area contributed by atoms with Crippen molar-refractivity contribution in [3.05, 3.63) is 71.9 Å². The van der Waals surface area contributed by atoms with Gasteiger partial charge >= 0.3 is 0 Å². The van der Waals surface area contributed by atoms with E-state index in [-0.39, 0.29) is 5.91 Å². The van der Waals surface area contributed by atoms with Crippen molar-refractivity contribution in [1.82, 2.24) is 4.98 Å². The summed E-state index contributed by atoms with van der Waals surface area (Å²) in [7, 11) is 3.12. The van der Waals surface area contributed by atoms with E-state index in [1.807, 2.05) is 18.2 Å². The second kappa shape index (κ2) is 9.10. The van der Waals surface area contributed by atoms with E-state index in [0.29, 0.717) is 34.5 Å². The van der Waals surface area contributed by atoms with Gasteiger partial charge in [-0.15, -0.1) is 0 Å². The van der Waals surface area contributed by atoms with E-state index in [2.05, 4.69) is 35.5 Å². The zero-order chi connectivity index (χ0) is 20.8. The third kappa shape index (κ3) is 4.85. The van der Waals surface area contributed by atoms with E-state index in [0.717, 1.165) is 5.69 Å². The number of aromatic nitrogens is 1. The van der Waals surface area contributed by atoms with Crippen LogP contribution in [0.4, 0.5) is 17.2 Å². The molecule has 0 saturated heterocycles. The molecule has 1 aromatic heterocycles. The summed E-state index contributed by atoms with van der Waals surface area (Å²) in [6.45, 7) is 4.30. The van der Waals surface area contributed by atoms with Crippen LogP contribution in [0.25, 0.3) is 0 Å². The topological polar surface area (TPSA) is 72.5 Å². The summed E-state index contributed by atoms with van der Waals surface area (Å²) in [4.78, 5) is 16.9. The molecule has 3 aromatic rings. The average Bonchev–Trinajstić information content (AvgIpc) is 2.74. The highest BCUT2D eigenvalue weighted by molar-refractivity contribution is 6.04. The molecule has 0 bridgehead atoms. The summed E-state index contributed by atoms with van der Waals surface area (Å²) in [6, 6.07) is 16.9. The summed E-state index contributed by atoms with van der Waals surface area (Å²) >= 11 is 0. The molecule has 6 heteroatoms. The Balaban J connectivity index is 1.71. The summed E-state index contributed by atoms with van der Waals surface area (Å²) in [5, 5.41) is 6.17. The Morgan fingerprint density at radius 1 is 0.966 bits per heavy atom. The first kappa shape index (κ1) is 20.2. The van der Waals surface area contributed by atoms with Crippen LogP contribution in [0.15, 0.2) is 60.8 Å². The van der Waals surface area contributed by atoms with Gasteiger partial charge < -0.3 is 20.1 Å². The third-order valence-electron chi connectivity index (χ3n) is 4.51. The molecule has 0 fully saturated rings. The smallest absolute Gasteiger partial charge is 0.257 e. The molecule has 1 amide bonds. The molecular weight excluding hydrogens is 366 g/mol. The fraction of sp³-hybridized carbons (Fsp3) is 0.217. The number of rotatable bonds is 7. The maximum Gasteiger partial charge on any atom is 0.257 e. The van der Waals surface area contributed by atoms with Gasteiger partial charge in [0.15, 0.2) is 11.5 Å². The van der Waals surface area contributed by atoms with Gasteiger partial charge in [0.25, 0.3) is 5.91 Å². The van der Waals surface area contributed by atoms with Crippen molar-refractivity contribution in [3.8, 4) is 11.5 Å². The summed E-state index contributed by atoms with van der Waals surface area (Å²) < 4.78 is 10.5. The molecule has 6 nitrogen and oxygen atoms in total. The van der Waals surface area contributed by atoms with Gasteiger partial charge in [-0.1, -0.05) is 32.0 Å². The number of benzene rings is 2. The van der Waals surface area contributed by atoms with Crippen LogP contribution < -0.4 is 20.1 Å². The largest absolute Gasteiger partial charge is 0.493 e. The lowest BCUT2D eigenvalue weighted by molar-refractivity contribution is 0.102. The number of amides is 1. The lowest BCUT2D eigenvalue weighted by Crippen LogP contribution is -2.12. The van der Waals surface area contributed by atoms with Crippen LogP contribution in [0, 0.1) is 0 Å². The molecule has 3 rings (SSSR count). The van der Waals surface area contributed by atoms with Crippen molar-refractivity contribution in [2.75, 3.05) is 24.9 Å². The number of carbonyl (C=O) groups excluding carboxylic acids is 1. The Morgan fingerprint density at radius 3 is 2.38 bits per heavy atom. The van der Waals surface area contributed by atoms with Crippen LogP contribution >= 0.6 is 0 Å². The minimum atomic E-state index is -0.251. The summed E-state index contributed by atoms with van der Waals surface area (Å²) in [5.41, 5.74) is 3.30. The number of ether oxygens (including phenoxy) is 2. The number of methoxy groups -OCH3 is 2. The average molecular weight is 391 g/mol. The third-order valence-corrected chi connectivity index (χ3v) is 4.51. The highest BCUT2D eigenvalue weighted by atomic mass is 16.5. The van der Waals surface area contributed by atoms with Crippen LogP contribution in [0.2, 0.25) is 0 Å². The van der Waals surface area contributed by atoms with Gasteiger partial charge in [0.05, 0.1) is 19.8 Å². The standard InChI is InChI=1S/C23H25N3O3/c1-15(2)18-7-5-6-8-19(18)26-22-12-9-16(14-24-22)23(27)25-17-10-11-20(28-3)21(13-17)29-4/h5-15H,1-4H3,(H,24,26)(H,25,27). The number of hydrogen-bond acceptors (Lipinski definition) is 5. The highest BCUT2D eigenvalue weighted by Gasteiger charge is 2.11. The van der Waals surface area contributed by atoms with E-state index in [4.69, 9.17) is 9.47 Å². The van der Waals surface area contributed by atoms with Crippen LogP contribution in [0.5, 0.6) is 11.5 Å². The zero-order valence-corrected chi connectivity index (χ0v) is 17.0. The quantitative estimate of drug-likeness (QED) is 0.578. The Kier molecular flexibility index (Phi) is 6.34. The Hall–Kier alpha value is -3.54. The second-order valence-electron chi connectivity index (χ2n) is 6.82. The number of nitrogens with one attached hydrogen (secondary N) is 2. The molecule has 0 aliphatic heterocycles. The maximum absolute atomic E-state index is 12.5. The lowest BCUT2D eigenvalue weighted by atomic mass is 10.0. The minimum Gasteiger partial charge on any atom is -0.493 e. The molecule has 0 atom stereocenters. The van der Waals surface area contributed by atoms with E-state index >= 15 is 0 Å². The molecule has 0 saturated carbocycles. The molecule has 0 radical (unpaired) electrons. The van der Waals surface area contributed by atoms with Crippen molar-refractivity contribution in [1.29, 1.82) is 0 Å². The molecule has 1 heterocycles. The van der Waals surface area contributed by atoms with Crippen LogP contribution in [-0.4, -0.2) is 25.1 Å². The Morgan fingerprint density at radius 2 is 1.72 bits per heavy atom. The van der Waals surface area contributed by atoms with Crippen LogP contribution in [-0.2, 0) is 0 Å². The molecule has 0 unspecified atom stereocenters. The fourth-order valence-corrected chi connectivity index (χ4v) is 2.97. The molecule has 2 N–H and O–H groups in total. The fourth-order valence-electron chi connectivity index (χ4n) is 2.97. The lowest BCUT2D eigenvalue weighted by Gasteiger charge is -2.14. The Bertz CT molecular complexity index is 985.